The van der Waals surface area contributed by atoms with Gasteiger partial charge in [-0.05, 0) is 76.0 Å². The van der Waals surface area contributed by atoms with Crippen LogP contribution in [0.5, 0.6) is 0 Å². The van der Waals surface area contributed by atoms with E-state index in [0.717, 1.165) is 16.5 Å². The summed E-state index contributed by atoms with van der Waals surface area (Å²) in [6.45, 7) is 0. The van der Waals surface area contributed by atoms with E-state index >= 15 is 0 Å². The number of hydrogen-bond acceptors (Lipinski definition) is 1. The Balaban J connectivity index is 1.78. The van der Waals surface area contributed by atoms with Crippen molar-refractivity contribution in [2.45, 2.75) is 31.7 Å². The zero-order chi connectivity index (χ0) is 14.1. The molecule has 1 unspecified atom stereocenters. The number of hydrogen-bond donors (Lipinski definition) is 1. The summed E-state index contributed by atoms with van der Waals surface area (Å²) < 4.78 is 0.910. The molecule has 2 aromatic carbocycles. The molecule has 0 saturated heterocycles. The molecule has 0 spiro atoms. The summed E-state index contributed by atoms with van der Waals surface area (Å²) in [5, 5.41) is 0.715. The number of fused-ring (bicyclic) bond motifs is 1. The third kappa shape index (κ3) is 2.93. The van der Waals surface area contributed by atoms with E-state index in [4.69, 9.17) is 17.3 Å². The lowest BCUT2D eigenvalue weighted by atomic mass is 9.97. The van der Waals surface area contributed by atoms with Crippen LogP contribution in [-0.4, -0.2) is 0 Å². The molecule has 104 valence electrons. The molecule has 3 rings (SSSR count). The average Bonchev–Trinajstić information content (AvgIpc) is 2.89. The van der Waals surface area contributed by atoms with Gasteiger partial charge in [0.1, 0.15) is 0 Å². The first-order chi connectivity index (χ1) is 9.63. The van der Waals surface area contributed by atoms with E-state index in [1.165, 1.54) is 36.0 Å². The van der Waals surface area contributed by atoms with Crippen LogP contribution in [0.2, 0.25) is 5.02 Å². The van der Waals surface area contributed by atoms with Crippen molar-refractivity contribution in [1.82, 2.24) is 0 Å². The molecule has 0 heterocycles. The Morgan fingerprint density at radius 2 is 1.90 bits per heavy atom. The first-order valence-electron chi connectivity index (χ1n) is 6.94. The molecule has 1 aliphatic rings. The Labute approximate surface area is 133 Å². The van der Waals surface area contributed by atoms with Crippen molar-refractivity contribution in [2.24, 2.45) is 5.73 Å². The molecule has 3 heteroatoms. The third-order valence-corrected chi connectivity index (χ3v) is 5.22. The van der Waals surface area contributed by atoms with Crippen LogP contribution in [0.1, 0.15) is 34.7 Å². The van der Waals surface area contributed by atoms with Gasteiger partial charge in [-0.2, -0.15) is 0 Å². The first kappa shape index (κ1) is 14.1. The van der Waals surface area contributed by atoms with Gasteiger partial charge < -0.3 is 5.73 Å². The van der Waals surface area contributed by atoms with Crippen molar-refractivity contribution < 1.29 is 0 Å². The van der Waals surface area contributed by atoms with E-state index in [2.05, 4.69) is 34.1 Å². The summed E-state index contributed by atoms with van der Waals surface area (Å²) in [7, 11) is 0. The molecule has 2 aromatic rings. The summed E-state index contributed by atoms with van der Waals surface area (Å²) in [6.07, 6.45) is 4.57. The van der Waals surface area contributed by atoms with Crippen LogP contribution >= 0.6 is 27.5 Å². The lowest BCUT2D eigenvalue weighted by molar-refractivity contribution is 0.721. The van der Waals surface area contributed by atoms with E-state index in [0.29, 0.717) is 5.02 Å². The number of rotatable bonds is 3. The van der Waals surface area contributed by atoms with Gasteiger partial charge in [0, 0.05) is 10.5 Å². The highest BCUT2D eigenvalue weighted by molar-refractivity contribution is 9.10. The Hall–Kier alpha value is -0.830. The number of aryl methyl sites for hydroxylation is 2. The summed E-state index contributed by atoms with van der Waals surface area (Å²) >= 11 is 9.54. The number of benzene rings is 2. The van der Waals surface area contributed by atoms with Crippen LogP contribution in [0.4, 0.5) is 0 Å². The van der Waals surface area contributed by atoms with Crippen LogP contribution < -0.4 is 5.73 Å². The van der Waals surface area contributed by atoms with Gasteiger partial charge in [-0.1, -0.05) is 35.9 Å². The Morgan fingerprint density at radius 1 is 1.10 bits per heavy atom. The van der Waals surface area contributed by atoms with Gasteiger partial charge in [0.05, 0.1) is 5.02 Å². The lowest BCUT2D eigenvalue weighted by Crippen LogP contribution is -2.13. The monoisotopic (exact) mass is 349 g/mol. The normalized spacial score (nSPS) is 15.2. The maximum atomic E-state index is 6.32. The highest BCUT2D eigenvalue weighted by atomic mass is 79.9. The van der Waals surface area contributed by atoms with Gasteiger partial charge in [0.15, 0.2) is 0 Å². The van der Waals surface area contributed by atoms with Gasteiger partial charge in [0.2, 0.25) is 0 Å². The molecule has 0 radical (unpaired) electrons. The summed E-state index contributed by atoms with van der Waals surface area (Å²) in [6, 6.07) is 12.7. The smallest absolute Gasteiger partial charge is 0.0551 e. The minimum absolute atomic E-state index is 0.0138. The highest BCUT2D eigenvalue weighted by Gasteiger charge is 2.13. The minimum Gasteiger partial charge on any atom is -0.324 e. The van der Waals surface area contributed by atoms with Crippen LogP contribution in [0.15, 0.2) is 40.9 Å². The SMILES string of the molecule is NC(Cc1ccc2c(c1)CCC2)c1ccc(Br)c(Cl)c1. The summed E-state index contributed by atoms with van der Waals surface area (Å²) in [4.78, 5) is 0. The molecule has 1 aliphatic carbocycles. The van der Waals surface area contributed by atoms with E-state index < -0.39 is 0 Å². The average molecular weight is 351 g/mol. The maximum Gasteiger partial charge on any atom is 0.0551 e. The van der Waals surface area contributed by atoms with Crippen LogP contribution in [0.3, 0.4) is 0 Å². The molecule has 0 aromatic heterocycles. The first-order valence-corrected chi connectivity index (χ1v) is 8.12. The molecule has 0 fully saturated rings. The zero-order valence-electron chi connectivity index (χ0n) is 11.2. The number of halogens is 2. The molecular weight excluding hydrogens is 334 g/mol. The zero-order valence-corrected chi connectivity index (χ0v) is 13.5. The van der Waals surface area contributed by atoms with Crippen molar-refractivity contribution >= 4 is 27.5 Å². The van der Waals surface area contributed by atoms with E-state index in [9.17, 15) is 0 Å². The topological polar surface area (TPSA) is 26.0 Å². The molecule has 20 heavy (non-hydrogen) atoms. The molecule has 1 atom stereocenters. The highest BCUT2D eigenvalue weighted by Crippen LogP contribution is 2.28. The van der Waals surface area contributed by atoms with Gasteiger partial charge in [-0.25, -0.2) is 0 Å². The molecular formula is C17H17BrClN. The van der Waals surface area contributed by atoms with Gasteiger partial charge in [-0.3, -0.25) is 0 Å². The van der Waals surface area contributed by atoms with Crippen molar-refractivity contribution in [3.63, 3.8) is 0 Å². The third-order valence-electron chi connectivity index (χ3n) is 3.99. The van der Waals surface area contributed by atoms with Gasteiger partial charge in [-0.15, -0.1) is 0 Å². The molecule has 2 N–H and O–H groups in total. The van der Waals surface area contributed by atoms with Gasteiger partial charge >= 0.3 is 0 Å². The van der Waals surface area contributed by atoms with Crippen LogP contribution in [-0.2, 0) is 19.3 Å². The number of nitrogens with two attached hydrogens (primary N) is 1. The lowest BCUT2D eigenvalue weighted by Gasteiger charge is -2.14. The predicted octanol–water partition coefficient (Wildman–Crippen LogP) is 4.83. The minimum atomic E-state index is -0.0138. The summed E-state index contributed by atoms with van der Waals surface area (Å²) in [5.41, 5.74) is 11.7. The fraction of sp³-hybridized carbons (Fsp3) is 0.294. The van der Waals surface area contributed by atoms with Crippen molar-refractivity contribution in [1.29, 1.82) is 0 Å². The Bertz CT molecular complexity index is 639. The second-order valence-electron chi connectivity index (χ2n) is 5.44. The quantitative estimate of drug-likeness (QED) is 0.842. The van der Waals surface area contributed by atoms with E-state index in [1.807, 2.05) is 18.2 Å². The van der Waals surface area contributed by atoms with E-state index in [-0.39, 0.29) is 6.04 Å². The van der Waals surface area contributed by atoms with Crippen LogP contribution in [0.25, 0.3) is 0 Å². The maximum absolute atomic E-state index is 6.32. The van der Waals surface area contributed by atoms with Crippen molar-refractivity contribution in [3.8, 4) is 0 Å². The Morgan fingerprint density at radius 3 is 2.70 bits per heavy atom. The van der Waals surface area contributed by atoms with Crippen molar-refractivity contribution in [3.05, 3.63) is 68.1 Å². The largest absolute Gasteiger partial charge is 0.324 e. The second-order valence-corrected chi connectivity index (χ2v) is 6.70. The molecule has 0 bridgehead atoms. The molecule has 0 aliphatic heterocycles. The molecule has 1 nitrogen and oxygen atoms in total. The van der Waals surface area contributed by atoms with Crippen LogP contribution in [0, 0.1) is 0 Å². The van der Waals surface area contributed by atoms with E-state index in [1.54, 1.807) is 0 Å². The summed E-state index contributed by atoms with van der Waals surface area (Å²) in [5.74, 6) is 0. The predicted molar refractivity (Wildman–Crippen MR) is 88.3 cm³/mol. The molecule has 0 saturated carbocycles. The van der Waals surface area contributed by atoms with Gasteiger partial charge in [0.25, 0.3) is 0 Å². The van der Waals surface area contributed by atoms with Crippen molar-refractivity contribution in [2.75, 3.05) is 0 Å². The molecule has 0 amide bonds. The standard InChI is InChI=1S/C17H17BrClN/c18-15-7-6-14(10-16(15)19)17(20)9-11-4-5-12-2-1-3-13(12)8-11/h4-8,10,17H,1-3,9,20H2. The Kier molecular flexibility index (Phi) is 4.16. The second kappa shape index (κ2) is 5.88. The fourth-order valence-corrected chi connectivity index (χ4v) is 3.30. The fourth-order valence-electron chi connectivity index (χ4n) is 2.87.